The molecule has 0 spiro atoms. The number of rotatable bonds is 11. The second-order valence-corrected chi connectivity index (χ2v) is 26.4. The second kappa shape index (κ2) is 31.7. The molecule has 2 aliphatic heterocycles. The molecule has 8 rings (SSSR count). The van der Waals surface area contributed by atoms with Gasteiger partial charge >= 0.3 is 23.9 Å². The van der Waals surface area contributed by atoms with Gasteiger partial charge in [0.1, 0.15) is 59.0 Å². The Bertz CT molecular complexity index is 2850. The Morgan fingerprint density at radius 1 is 0.629 bits per heavy atom. The van der Waals surface area contributed by atoms with Gasteiger partial charge in [0, 0.05) is 252 Å². The Morgan fingerprint density at radius 3 is 1.20 bits per heavy atom. The molecule has 490 valence electrons. The number of esters is 4. The zero-order chi connectivity index (χ0) is 66.3. The van der Waals surface area contributed by atoms with Gasteiger partial charge in [-0.1, -0.05) is 34.5 Å². The van der Waals surface area contributed by atoms with E-state index in [2.05, 4.69) is 28.2 Å². The molecule has 4 saturated carbocycles. The van der Waals surface area contributed by atoms with Crippen molar-refractivity contribution in [3.8, 4) is 0 Å². The molecule has 22 atom stereocenters. The van der Waals surface area contributed by atoms with Crippen molar-refractivity contribution in [1.82, 2.24) is 10.6 Å². The maximum Gasteiger partial charge on any atom is 0.337 e. The van der Waals surface area contributed by atoms with Gasteiger partial charge in [-0.15, -0.1) is 0 Å². The standard InChI is InChI=1S/2C28H41NO12.CH5BS.4Ac/c2*1-11-15(41-24(36)19(33)12(2)29-13(3)30)9-28(38)23(40-14(4)31)21-26(7,16(32)8-17-27(21,37)10-39-17)22(35)20(34)18(11)25(28,5)6;1-2-3;;;;/h2*12,15-17,19-21,23,32-34,37-38H,8-10H2,1-7H3,(H,29,30);2-3H,1H3;;;;/t2*12?,15?,16?,17?,19-,20-,21+,23+,26-,27+,28-;;;;;/m11...../s1/i33T;;2D;;;;. The molecule has 4 radical (unpaired) electrons. The maximum absolute atomic E-state index is 14.2. The molecule has 0 aromatic carbocycles. The summed E-state index contributed by atoms with van der Waals surface area (Å²) in [6.07, 6.45) is -18.8. The molecule has 2 saturated heterocycles. The number of fused-ring (bicyclic) bond motifs is 10. The van der Waals surface area contributed by atoms with Crippen molar-refractivity contribution in [2.45, 2.75) is 237 Å². The van der Waals surface area contributed by atoms with E-state index in [4.69, 9.17) is 31.2 Å². The van der Waals surface area contributed by atoms with E-state index in [1.165, 1.54) is 55.4 Å². The first kappa shape index (κ1) is 82.8. The molecule has 0 aromatic heterocycles. The van der Waals surface area contributed by atoms with Crippen LogP contribution in [0.4, 0.5) is 0 Å². The summed E-state index contributed by atoms with van der Waals surface area (Å²) in [6, 6.07) is -1.99. The molecule has 2 heterocycles. The monoisotopic (exact) mass is 2140 g/mol. The van der Waals surface area contributed by atoms with Crippen molar-refractivity contribution in [2.24, 2.45) is 33.5 Å². The average Bonchev–Trinajstić information content (AvgIpc) is 0.683. The number of ketones is 2. The normalized spacial score (nSPS) is 39.9. The van der Waals surface area contributed by atoms with Crippen LogP contribution in [0.25, 0.3) is 0 Å². The summed E-state index contributed by atoms with van der Waals surface area (Å²) in [7, 11) is 0. The van der Waals surface area contributed by atoms with E-state index >= 15 is 0 Å². The van der Waals surface area contributed by atoms with Gasteiger partial charge in [0.25, 0.3) is 0 Å². The number of Topliss-reactive ketones (excluding diaryl/α,β-unsaturated/α-hetero) is 2. The van der Waals surface area contributed by atoms with Crippen LogP contribution in [-0.2, 0) is 66.8 Å². The molecule has 6 fully saturated rings. The number of aliphatic hydroxyl groups excluding tert-OH is 6. The van der Waals surface area contributed by atoms with Crippen molar-refractivity contribution < 1.29 is 294 Å². The van der Waals surface area contributed by atoms with E-state index < -0.39 is 201 Å². The minimum atomic E-state index is -2.18. The number of aliphatic hydroxyl groups is 10. The van der Waals surface area contributed by atoms with Gasteiger partial charge in [0.05, 0.1) is 60.5 Å². The first-order chi connectivity index (χ1) is 39.8. The summed E-state index contributed by atoms with van der Waals surface area (Å²) in [6.45, 7) is 20.4. The third-order valence-corrected chi connectivity index (χ3v) is 20.1. The third-order valence-electron chi connectivity index (χ3n) is 20.1. The number of carbonyl (C=O) groups is 8. The Morgan fingerprint density at radius 2 is 0.933 bits per heavy atom. The molecule has 6 aliphatic carbocycles. The fourth-order valence-corrected chi connectivity index (χ4v) is 15.2. The number of nitrogens with one attached hydrogen (secondary N) is 2. The van der Waals surface area contributed by atoms with Gasteiger partial charge in [-0.05, 0) is 65.2 Å². The van der Waals surface area contributed by atoms with Crippen molar-refractivity contribution in [1.29, 1.82) is 2.77 Å². The van der Waals surface area contributed by atoms with Gasteiger partial charge in [0.2, 0.25) is 13.2 Å². The quantitative estimate of drug-likeness (QED) is 0.0338. The van der Waals surface area contributed by atoms with E-state index in [1.807, 2.05) is 0 Å². The zero-order valence-electron chi connectivity index (χ0n) is 55.0. The fourth-order valence-electron chi connectivity index (χ4n) is 15.2. The van der Waals surface area contributed by atoms with E-state index in [0.717, 1.165) is 13.8 Å². The second-order valence-electron chi connectivity index (χ2n) is 25.9. The Balaban J connectivity index is 0.000000562. The van der Waals surface area contributed by atoms with Crippen LogP contribution in [0.5, 0.6) is 0 Å². The molecule has 89 heavy (non-hydrogen) atoms. The predicted molar refractivity (Wildman–Crippen MR) is 299 cm³/mol. The first-order valence-corrected chi connectivity index (χ1v) is 28.8. The van der Waals surface area contributed by atoms with Gasteiger partial charge in [-0.25, -0.2) is 22.1 Å². The van der Waals surface area contributed by atoms with Crippen LogP contribution < -0.4 is 10.6 Å². The molecule has 26 nitrogen and oxygen atoms in total. The summed E-state index contributed by atoms with van der Waals surface area (Å²) in [5.74, 6) is -9.42. The number of thiol groups is 1. The van der Waals surface area contributed by atoms with Crippen LogP contribution in [-0.4, -0.2) is 229 Å². The fraction of sp³-hybridized carbons (Fsp3) is 0.789. The number of amides is 2. The zero-order valence-corrected chi connectivity index (χ0v) is 72.8. The topological polar surface area (TPSA) is 418 Å². The Hall–Kier alpha value is 1.34. The Kier molecular flexibility index (Phi) is 29.5. The minimum absolute atomic E-state index is 0. The van der Waals surface area contributed by atoms with Crippen LogP contribution in [0.15, 0.2) is 22.3 Å². The molecule has 8 aliphatic rings. The van der Waals surface area contributed by atoms with E-state index in [9.17, 15) is 84.3 Å². The van der Waals surface area contributed by atoms with E-state index in [-0.39, 0.29) is 231 Å². The molecular weight excluding hydrogens is 2050 g/mol. The van der Waals surface area contributed by atoms with Crippen molar-refractivity contribution in [3.05, 3.63) is 22.3 Å². The van der Waals surface area contributed by atoms with Crippen molar-refractivity contribution in [2.75, 3.05) is 13.2 Å². The number of carbonyl (C=O) groups excluding carboxylic acids is 8. The van der Waals surface area contributed by atoms with Crippen LogP contribution in [0.1, 0.15) is 123 Å². The molecule has 32 heteroatoms. The Labute approximate surface area is 670 Å². The SMILES string of the molecule is CC(=O)NC(C)[C@@H](O)C(=O)OC1C[C@@]2(O)[C@@H](OC(C)=O)[C@@H]3[C@]4(O)COC4CC(O)[C@@]3(C)C(=O)[C@H](O)C(=C1C)C2(C)C.[2H]B(C)S.[3H]O[C@@H](C(=O)OC1C[C@@]2(O)[C@@H](OC(C)=O)[C@@H]3[C@]4(O)COC4CC(O)[C@@]3(C)C(=O)[C@H](O)C(=C1C)C2(C)C)C(C)NC(C)=O.[Ac].[Ac].[Ac].[Ac]. The predicted octanol–water partition coefficient (Wildman–Crippen LogP) is -2.38. The summed E-state index contributed by atoms with van der Waals surface area (Å²) in [5, 5.41) is 115. The van der Waals surface area contributed by atoms with Gasteiger partial charge < -0.3 is 90.1 Å². The number of hydrogen-bond donors (Lipinski definition) is 13. The van der Waals surface area contributed by atoms with Crippen LogP contribution in [0.2, 0.25) is 6.82 Å². The maximum atomic E-state index is 14.2. The summed E-state index contributed by atoms with van der Waals surface area (Å²) < 4.78 is 47.7. The van der Waals surface area contributed by atoms with Crippen LogP contribution in [0.3, 0.4) is 0 Å². The smallest absolute Gasteiger partial charge is 0.337 e. The summed E-state index contributed by atoms with van der Waals surface area (Å²) >= 11 is 3.63. The van der Waals surface area contributed by atoms with Gasteiger partial charge in [0.15, 0.2) is 30.3 Å². The summed E-state index contributed by atoms with van der Waals surface area (Å²) in [5.41, 5.74) is -14.3. The average molecular weight is 2140 g/mol. The minimum Gasteiger partial charge on any atom is -0.459 e. The molecule has 8 unspecified atom stereocenters. The van der Waals surface area contributed by atoms with Gasteiger partial charge in [-0.3, -0.25) is 28.8 Å². The molecule has 12 N–H and O–H groups in total. The molecule has 4 bridgehead atoms. The largest absolute Gasteiger partial charge is 0.459 e. The number of hydrogen-bond acceptors (Lipinski definition) is 25. The van der Waals surface area contributed by atoms with E-state index in [1.54, 1.807) is 34.5 Å². The van der Waals surface area contributed by atoms with Crippen molar-refractivity contribution in [3.63, 3.8) is 0 Å². The molecule has 2 amide bonds. The van der Waals surface area contributed by atoms with Gasteiger partial charge in [-0.2, -0.15) is 0 Å². The van der Waals surface area contributed by atoms with Crippen LogP contribution in [0, 0.1) is 210 Å². The third kappa shape index (κ3) is 15.0. The van der Waals surface area contributed by atoms with Crippen LogP contribution >= 0.6 is 12.5 Å². The molecular formula is C57H87Ac4BN2O24S. The van der Waals surface area contributed by atoms with E-state index in [0.29, 0.717) is 0 Å². The molecule has 0 aromatic rings. The van der Waals surface area contributed by atoms with Crippen molar-refractivity contribution >= 4 is 66.3 Å². The first-order valence-electron chi connectivity index (χ1n) is 29.3. The number of ether oxygens (including phenoxy) is 6. The summed E-state index contributed by atoms with van der Waals surface area (Å²) in [4.78, 5) is 103.